The summed E-state index contributed by atoms with van der Waals surface area (Å²) in [6.07, 6.45) is -3.18. The van der Waals surface area contributed by atoms with Crippen molar-refractivity contribution >= 4 is 16.0 Å². The predicted molar refractivity (Wildman–Crippen MR) is 88.8 cm³/mol. The number of aliphatic imine (C=N–C) groups is 1. The Morgan fingerprint density at radius 2 is 1.88 bits per heavy atom. The van der Waals surface area contributed by atoms with E-state index in [-0.39, 0.29) is 18.8 Å². The average molecular weight is 382 g/mol. The van der Waals surface area contributed by atoms with Crippen molar-refractivity contribution in [1.29, 1.82) is 0 Å². The molecule has 0 amide bonds. The van der Waals surface area contributed by atoms with Crippen LogP contribution in [0.25, 0.3) is 0 Å². The lowest BCUT2D eigenvalue weighted by Crippen LogP contribution is -2.38. The van der Waals surface area contributed by atoms with Gasteiger partial charge in [-0.25, -0.2) is 13.1 Å². The molecule has 0 heterocycles. The normalized spacial score (nSPS) is 12.8. The molecule has 0 radical (unpaired) electrons. The number of nitrogens with zero attached hydrogens (tertiary/aromatic N) is 1. The van der Waals surface area contributed by atoms with Crippen molar-refractivity contribution in [3.05, 3.63) is 29.8 Å². The Morgan fingerprint density at radius 3 is 2.48 bits per heavy atom. The fourth-order valence-corrected chi connectivity index (χ4v) is 2.34. The maximum atomic E-state index is 12.4. The number of hydrogen-bond donors (Lipinski definition) is 3. The SMILES string of the molecule is CN=C(NCCCNS(C)(=O)=O)NCc1ccccc1OC(F)(F)F. The summed E-state index contributed by atoms with van der Waals surface area (Å²) in [5.41, 5.74) is 0.321. The largest absolute Gasteiger partial charge is 0.573 e. The second kappa shape index (κ2) is 9.47. The molecule has 0 fully saturated rings. The summed E-state index contributed by atoms with van der Waals surface area (Å²) in [5.74, 6) is 0.0940. The van der Waals surface area contributed by atoms with Gasteiger partial charge in [0.1, 0.15) is 5.75 Å². The second-order valence-electron chi connectivity index (χ2n) is 5.03. The number of nitrogens with one attached hydrogen (secondary N) is 3. The molecule has 142 valence electrons. The van der Waals surface area contributed by atoms with Crippen molar-refractivity contribution in [3.8, 4) is 5.75 Å². The molecule has 0 aliphatic heterocycles. The molecule has 0 bridgehead atoms. The molecule has 1 rings (SSSR count). The Labute approximate surface area is 144 Å². The van der Waals surface area contributed by atoms with Crippen molar-refractivity contribution < 1.29 is 26.3 Å². The molecule has 0 saturated carbocycles. The van der Waals surface area contributed by atoms with E-state index in [1.165, 1.54) is 25.2 Å². The first kappa shape index (κ1) is 21.0. The molecule has 25 heavy (non-hydrogen) atoms. The van der Waals surface area contributed by atoms with Crippen LogP contribution in [0.3, 0.4) is 0 Å². The molecule has 1 aromatic rings. The summed E-state index contributed by atoms with van der Waals surface area (Å²) in [6.45, 7) is 0.779. The minimum absolute atomic E-state index is 0.0769. The van der Waals surface area contributed by atoms with Gasteiger partial charge in [-0.3, -0.25) is 4.99 Å². The van der Waals surface area contributed by atoms with Gasteiger partial charge in [0.05, 0.1) is 6.26 Å². The van der Waals surface area contributed by atoms with Crippen molar-refractivity contribution in [1.82, 2.24) is 15.4 Å². The Morgan fingerprint density at radius 1 is 1.20 bits per heavy atom. The highest BCUT2D eigenvalue weighted by Crippen LogP contribution is 2.25. The number of benzene rings is 1. The third-order valence-electron chi connectivity index (χ3n) is 2.88. The highest BCUT2D eigenvalue weighted by molar-refractivity contribution is 7.88. The number of rotatable bonds is 8. The molecule has 0 aromatic heterocycles. The van der Waals surface area contributed by atoms with Crippen LogP contribution in [0.5, 0.6) is 5.75 Å². The summed E-state index contributed by atoms with van der Waals surface area (Å²) in [4.78, 5) is 3.95. The number of halogens is 3. The minimum atomic E-state index is -4.76. The van der Waals surface area contributed by atoms with E-state index >= 15 is 0 Å². The van der Waals surface area contributed by atoms with Crippen LogP contribution >= 0.6 is 0 Å². The summed E-state index contributed by atoms with van der Waals surface area (Å²) < 4.78 is 65.3. The quantitative estimate of drug-likeness (QED) is 0.357. The van der Waals surface area contributed by atoms with Gasteiger partial charge in [0.2, 0.25) is 10.0 Å². The van der Waals surface area contributed by atoms with Crippen molar-refractivity contribution in [2.24, 2.45) is 4.99 Å². The van der Waals surface area contributed by atoms with Gasteiger partial charge in [0.25, 0.3) is 0 Å². The van der Waals surface area contributed by atoms with E-state index in [4.69, 9.17) is 0 Å². The van der Waals surface area contributed by atoms with Gasteiger partial charge in [0.15, 0.2) is 5.96 Å². The number of guanidine groups is 1. The molecule has 0 atom stereocenters. The third-order valence-corrected chi connectivity index (χ3v) is 3.61. The van der Waals surface area contributed by atoms with Crippen LogP contribution in [0.2, 0.25) is 0 Å². The van der Waals surface area contributed by atoms with E-state index in [2.05, 4.69) is 25.1 Å². The van der Waals surface area contributed by atoms with Crippen LogP contribution in [0.15, 0.2) is 29.3 Å². The van der Waals surface area contributed by atoms with E-state index in [0.29, 0.717) is 24.5 Å². The predicted octanol–water partition coefficient (Wildman–Crippen LogP) is 1.19. The topological polar surface area (TPSA) is 91.8 Å². The Kier molecular flexibility index (Phi) is 7.97. The number of sulfonamides is 1. The van der Waals surface area contributed by atoms with Crippen LogP contribution in [-0.2, 0) is 16.6 Å². The molecule has 0 aliphatic carbocycles. The average Bonchev–Trinajstić information content (AvgIpc) is 2.48. The Hall–Kier alpha value is -2.01. The van der Waals surface area contributed by atoms with Crippen LogP contribution in [0.1, 0.15) is 12.0 Å². The van der Waals surface area contributed by atoms with Crippen LogP contribution in [0.4, 0.5) is 13.2 Å². The lowest BCUT2D eigenvalue weighted by molar-refractivity contribution is -0.274. The van der Waals surface area contributed by atoms with Crippen molar-refractivity contribution in [2.75, 3.05) is 26.4 Å². The van der Waals surface area contributed by atoms with Crippen LogP contribution in [0, 0.1) is 0 Å². The van der Waals surface area contributed by atoms with Gasteiger partial charge < -0.3 is 15.4 Å². The molecular weight excluding hydrogens is 361 g/mol. The van der Waals surface area contributed by atoms with Gasteiger partial charge in [-0.2, -0.15) is 0 Å². The van der Waals surface area contributed by atoms with Gasteiger partial charge in [-0.15, -0.1) is 13.2 Å². The maximum Gasteiger partial charge on any atom is 0.573 e. The van der Waals surface area contributed by atoms with Crippen molar-refractivity contribution in [2.45, 2.75) is 19.3 Å². The molecule has 0 spiro atoms. The zero-order valence-corrected chi connectivity index (χ0v) is 14.7. The lowest BCUT2D eigenvalue weighted by atomic mass is 10.2. The number of alkyl halides is 3. The maximum absolute atomic E-state index is 12.4. The van der Waals surface area contributed by atoms with Gasteiger partial charge in [0, 0.05) is 32.2 Å². The van der Waals surface area contributed by atoms with E-state index in [0.717, 1.165) is 6.26 Å². The summed E-state index contributed by atoms with van der Waals surface area (Å²) in [5, 5.41) is 5.81. The highest BCUT2D eigenvalue weighted by atomic mass is 32.2. The van der Waals surface area contributed by atoms with Gasteiger partial charge in [-0.1, -0.05) is 18.2 Å². The first-order valence-corrected chi connectivity index (χ1v) is 9.22. The molecule has 3 N–H and O–H groups in total. The number of hydrogen-bond acceptors (Lipinski definition) is 4. The number of ether oxygens (including phenoxy) is 1. The van der Waals surface area contributed by atoms with E-state index in [9.17, 15) is 21.6 Å². The smallest absolute Gasteiger partial charge is 0.405 e. The summed E-state index contributed by atoms with van der Waals surface area (Å²) in [7, 11) is -1.71. The fourth-order valence-electron chi connectivity index (χ4n) is 1.83. The van der Waals surface area contributed by atoms with Gasteiger partial charge >= 0.3 is 6.36 Å². The molecule has 1 aromatic carbocycles. The minimum Gasteiger partial charge on any atom is -0.405 e. The molecule has 0 aliphatic rings. The van der Waals surface area contributed by atoms with E-state index in [1.807, 2.05) is 0 Å². The Balaban J connectivity index is 2.47. The first-order valence-electron chi connectivity index (χ1n) is 7.33. The standard InChI is InChI=1S/C14H21F3N4O3S/c1-18-13(19-8-5-9-21-25(2,22)23)20-10-11-6-3-4-7-12(11)24-14(15,16)17/h3-4,6-7,21H,5,8-10H2,1-2H3,(H2,18,19,20). The zero-order chi connectivity index (χ0) is 18.9. The molecule has 7 nitrogen and oxygen atoms in total. The first-order chi connectivity index (χ1) is 11.6. The summed E-state index contributed by atoms with van der Waals surface area (Å²) >= 11 is 0. The zero-order valence-electron chi connectivity index (χ0n) is 13.9. The third kappa shape index (κ3) is 9.77. The molecule has 0 saturated heterocycles. The summed E-state index contributed by atoms with van der Waals surface area (Å²) in [6, 6.07) is 5.80. The Bertz CT molecular complexity index is 678. The lowest BCUT2D eigenvalue weighted by Gasteiger charge is -2.15. The van der Waals surface area contributed by atoms with Gasteiger partial charge in [-0.05, 0) is 12.5 Å². The van der Waals surface area contributed by atoms with Crippen molar-refractivity contribution in [3.63, 3.8) is 0 Å². The molecular formula is C14H21F3N4O3S. The number of para-hydroxylation sites is 1. The monoisotopic (exact) mass is 382 g/mol. The second-order valence-corrected chi connectivity index (χ2v) is 6.86. The highest BCUT2D eigenvalue weighted by Gasteiger charge is 2.31. The molecule has 11 heteroatoms. The fraction of sp³-hybridized carbons (Fsp3) is 0.500. The van der Waals surface area contributed by atoms with Crippen LogP contribution < -0.4 is 20.1 Å². The van der Waals surface area contributed by atoms with E-state index in [1.54, 1.807) is 6.07 Å². The molecule has 0 unspecified atom stereocenters. The van der Waals surface area contributed by atoms with Crippen LogP contribution in [-0.4, -0.2) is 47.1 Å². The van der Waals surface area contributed by atoms with E-state index < -0.39 is 16.4 Å².